The highest BCUT2D eigenvalue weighted by Gasteiger charge is 2.15. The van der Waals surface area contributed by atoms with Gasteiger partial charge in [0, 0.05) is 17.5 Å². The molecule has 1 aromatic carbocycles. The minimum atomic E-state index is 0.0498. The lowest BCUT2D eigenvalue weighted by molar-refractivity contribution is 0.0990. The van der Waals surface area contributed by atoms with E-state index in [0.717, 1.165) is 28.3 Å². The second-order valence-corrected chi connectivity index (χ2v) is 5.11. The summed E-state index contributed by atoms with van der Waals surface area (Å²) in [6, 6.07) is 7.68. The number of hydrogen-bond donors (Lipinski definition) is 0. The zero-order valence-electron chi connectivity index (χ0n) is 12.9. The predicted octanol–water partition coefficient (Wildman–Crippen LogP) is 3.09. The number of aryl methyl sites for hydroxylation is 3. The number of benzene rings is 1. The first-order valence-electron chi connectivity index (χ1n) is 7.05. The molecule has 0 aliphatic rings. The lowest BCUT2D eigenvalue weighted by Crippen LogP contribution is -2.11. The van der Waals surface area contributed by atoms with E-state index in [9.17, 15) is 4.79 Å². The summed E-state index contributed by atoms with van der Waals surface area (Å²) in [6.45, 7) is 5.82. The summed E-state index contributed by atoms with van der Waals surface area (Å²) in [6.07, 6.45) is 1.00. The number of aromatic nitrogens is 2. The Morgan fingerprint density at radius 2 is 1.95 bits per heavy atom. The second-order valence-electron chi connectivity index (χ2n) is 5.11. The number of rotatable bonds is 5. The van der Waals surface area contributed by atoms with Gasteiger partial charge in [-0.2, -0.15) is 10.2 Å². The van der Waals surface area contributed by atoms with Gasteiger partial charge in [0.25, 0.3) is 0 Å². The van der Waals surface area contributed by atoms with Crippen LogP contribution in [0.2, 0.25) is 0 Å². The van der Waals surface area contributed by atoms with E-state index in [1.807, 2.05) is 45.0 Å². The third-order valence-corrected chi connectivity index (χ3v) is 3.41. The molecule has 2 aromatic rings. The number of nitrogens with zero attached hydrogens (tertiary/aromatic N) is 2. The molecule has 110 valence electrons. The van der Waals surface area contributed by atoms with Crippen molar-refractivity contribution in [3.05, 3.63) is 52.3 Å². The number of Topliss-reactive ketones (excluding diaryl/α,β-unsaturated/α-hetero) is 1. The molecule has 4 nitrogen and oxygen atoms in total. The molecule has 1 aromatic heterocycles. The van der Waals surface area contributed by atoms with Crippen LogP contribution in [0.5, 0.6) is 5.75 Å². The van der Waals surface area contributed by atoms with Crippen LogP contribution in [0, 0.1) is 13.8 Å². The first-order chi connectivity index (χ1) is 10.0. The highest BCUT2D eigenvalue weighted by atomic mass is 16.5. The smallest absolute Gasteiger partial charge is 0.169 e. The highest BCUT2D eigenvalue weighted by molar-refractivity contribution is 5.98. The SMILES string of the molecule is CCc1nnc(C)cc1C(=O)Cc1cc(C)ccc1OC. The molecule has 21 heavy (non-hydrogen) atoms. The van der Waals surface area contributed by atoms with E-state index in [0.29, 0.717) is 18.4 Å². The first-order valence-corrected chi connectivity index (χ1v) is 7.05. The summed E-state index contributed by atoms with van der Waals surface area (Å²) in [4.78, 5) is 12.6. The molecule has 0 atom stereocenters. The maximum atomic E-state index is 12.6. The summed E-state index contributed by atoms with van der Waals surface area (Å²) >= 11 is 0. The Morgan fingerprint density at radius 3 is 2.62 bits per heavy atom. The van der Waals surface area contributed by atoms with Gasteiger partial charge < -0.3 is 4.74 Å². The molecule has 0 aliphatic heterocycles. The van der Waals surface area contributed by atoms with Gasteiger partial charge in [-0.3, -0.25) is 4.79 Å². The molecule has 0 fully saturated rings. The number of carbonyl (C=O) groups is 1. The van der Waals surface area contributed by atoms with Gasteiger partial charge in [-0.25, -0.2) is 0 Å². The first kappa shape index (κ1) is 15.2. The normalized spacial score (nSPS) is 10.5. The molecule has 1 heterocycles. The molecule has 0 radical (unpaired) electrons. The van der Waals surface area contributed by atoms with Crippen molar-refractivity contribution in [1.82, 2.24) is 10.2 Å². The van der Waals surface area contributed by atoms with Crippen LogP contribution in [-0.2, 0) is 12.8 Å². The minimum absolute atomic E-state index is 0.0498. The number of carbonyl (C=O) groups excluding carboxylic acids is 1. The lowest BCUT2D eigenvalue weighted by Gasteiger charge is -2.10. The fraction of sp³-hybridized carbons (Fsp3) is 0.353. The number of ether oxygens (including phenoxy) is 1. The van der Waals surface area contributed by atoms with Crippen molar-refractivity contribution in [1.29, 1.82) is 0 Å². The van der Waals surface area contributed by atoms with E-state index in [4.69, 9.17) is 4.74 Å². The Hall–Kier alpha value is -2.23. The maximum Gasteiger partial charge on any atom is 0.169 e. The highest BCUT2D eigenvalue weighted by Crippen LogP contribution is 2.22. The third-order valence-electron chi connectivity index (χ3n) is 3.41. The van der Waals surface area contributed by atoms with Crippen LogP contribution < -0.4 is 4.74 Å². The zero-order chi connectivity index (χ0) is 15.4. The van der Waals surface area contributed by atoms with Crippen LogP contribution in [0.4, 0.5) is 0 Å². The number of methoxy groups -OCH3 is 1. The summed E-state index contributed by atoms with van der Waals surface area (Å²) in [5.41, 5.74) is 4.18. The lowest BCUT2D eigenvalue weighted by atomic mass is 9.99. The van der Waals surface area contributed by atoms with E-state index in [2.05, 4.69) is 10.2 Å². The van der Waals surface area contributed by atoms with Crippen LogP contribution in [0.3, 0.4) is 0 Å². The zero-order valence-corrected chi connectivity index (χ0v) is 12.9. The Morgan fingerprint density at radius 1 is 1.19 bits per heavy atom. The van der Waals surface area contributed by atoms with Gasteiger partial charge in [0.05, 0.1) is 18.5 Å². The molecule has 0 saturated carbocycles. The van der Waals surface area contributed by atoms with Crippen LogP contribution in [0.15, 0.2) is 24.3 Å². The van der Waals surface area contributed by atoms with Crippen LogP contribution in [0.1, 0.15) is 39.8 Å². The van der Waals surface area contributed by atoms with Crippen LogP contribution in [0.25, 0.3) is 0 Å². The predicted molar refractivity (Wildman–Crippen MR) is 81.9 cm³/mol. The number of hydrogen-bond acceptors (Lipinski definition) is 4. The standard InChI is InChI=1S/C17H20N2O2/c1-5-15-14(9-12(3)18-19-15)16(20)10-13-8-11(2)6-7-17(13)21-4/h6-9H,5,10H2,1-4H3. The minimum Gasteiger partial charge on any atom is -0.496 e. The molecule has 4 heteroatoms. The van der Waals surface area contributed by atoms with Crippen molar-refractivity contribution in [2.45, 2.75) is 33.6 Å². The molecule has 0 unspecified atom stereocenters. The van der Waals surface area contributed by atoms with Crippen LogP contribution in [-0.4, -0.2) is 23.1 Å². The van der Waals surface area contributed by atoms with Gasteiger partial charge in [-0.15, -0.1) is 0 Å². The maximum absolute atomic E-state index is 12.6. The van der Waals surface area contributed by atoms with E-state index < -0.39 is 0 Å². The van der Waals surface area contributed by atoms with E-state index in [1.165, 1.54) is 0 Å². The molecule has 0 aliphatic carbocycles. The molecule has 0 bridgehead atoms. The summed E-state index contributed by atoms with van der Waals surface area (Å²) in [5.74, 6) is 0.791. The number of ketones is 1. The molecule has 2 rings (SSSR count). The second kappa shape index (κ2) is 6.48. The van der Waals surface area contributed by atoms with Gasteiger partial charge in [-0.05, 0) is 32.4 Å². The average molecular weight is 284 g/mol. The van der Waals surface area contributed by atoms with Crippen molar-refractivity contribution in [2.24, 2.45) is 0 Å². The van der Waals surface area contributed by atoms with Crippen molar-refractivity contribution >= 4 is 5.78 Å². The van der Waals surface area contributed by atoms with Crippen molar-refractivity contribution < 1.29 is 9.53 Å². The van der Waals surface area contributed by atoms with Crippen LogP contribution >= 0.6 is 0 Å². The van der Waals surface area contributed by atoms with Gasteiger partial charge in [0.1, 0.15) is 5.75 Å². The Kier molecular flexibility index (Phi) is 4.68. The van der Waals surface area contributed by atoms with Gasteiger partial charge >= 0.3 is 0 Å². The summed E-state index contributed by atoms with van der Waals surface area (Å²) in [7, 11) is 1.62. The third kappa shape index (κ3) is 3.45. The molecular weight excluding hydrogens is 264 g/mol. The fourth-order valence-corrected chi connectivity index (χ4v) is 2.33. The molecule has 0 N–H and O–H groups in total. The average Bonchev–Trinajstić information content (AvgIpc) is 2.47. The van der Waals surface area contributed by atoms with E-state index >= 15 is 0 Å². The largest absolute Gasteiger partial charge is 0.496 e. The van der Waals surface area contributed by atoms with Gasteiger partial charge in [0.15, 0.2) is 5.78 Å². The molecule has 0 spiro atoms. The topological polar surface area (TPSA) is 52.1 Å². The molecule has 0 saturated heterocycles. The van der Waals surface area contributed by atoms with Crippen molar-refractivity contribution in [3.8, 4) is 5.75 Å². The van der Waals surface area contributed by atoms with Gasteiger partial charge in [0.2, 0.25) is 0 Å². The van der Waals surface area contributed by atoms with E-state index in [-0.39, 0.29) is 5.78 Å². The van der Waals surface area contributed by atoms with Gasteiger partial charge in [-0.1, -0.05) is 24.6 Å². The molecule has 0 amide bonds. The Balaban J connectivity index is 2.34. The summed E-state index contributed by atoms with van der Waals surface area (Å²) < 4.78 is 5.34. The quantitative estimate of drug-likeness (QED) is 0.792. The van der Waals surface area contributed by atoms with Crippen molar-refractivity contribution in [3.63, 3.8) is 0 Å². The fourth-order valence-electron chi connectivity index (χ4n) is 2.33. The monoisotopic (exact) mass is 284 g/mol. The Labute approximate surface area is 125 Å². The van der Waals surface area contributed by atoms with Crippen molar-refractivity contribution in [2.75, 3.05) is 7.11 Å². The molecular formula is C17H20N2O2. The summed E-state index contributed by atoms with van der Waals surface area (Å²) in [5, 5.41) is 8.14. The Bertz CT molecular complexity index is 666. The van der Waals surface area contributed by atoms with E-state index in [1.54, 1.807) is 7.11 Å².